The van der Waals surface area contributed by atoms with E-state index in [4.69, 9.17) is 9.15 Å². The SMILES string of the molecule is Cc1ccccc1OCC(=O)NCCSCc1ccco1. The zero-order chi connectivity index (χ0) is 14.9. The minimum atomic E-state index is -0.100. The molecule has 1 aromatic heterocycles. The molecule has 0 aliphatic rings. The summed E-state index contributed by atoms with van der Waals surface area (Å²) in [5, 5.41) is 2.84. The number of thioether (sulfide) groups is 1. The monoisotopic (exact) mass is 305 g/mol. The predicted molar refractivity (Wildman–Crippen MR) is 84.6 cm³/mol. The molecule has 5 heteroatoms. The lowest BCUT2D eigenvalue weighted by atomic mass is 10.2. The molecule has 0 atom stereocenters. The number of amides is 1. The van der Waals surface area contributed by atoms with Crippen LogP contribution in [0.2, 0.25) is 0 Å². The van der Waals surface area contributed by atoms with Crippen molar-refractivity contribution < 1.29 is 13.9 Å². The molecule has 1 amide bonds. The lowest BCUT2D eigenvalue weighted by Gasteiger charge is -2.09. The fraction of sp³-hybridized carbons (Fsp3) is 0.312. The average molecular weight is 305 g/mol. The van der Waals surface area contributed by atoms with Gasteiger partial charge in [0.25, 0.3) is 5.91 Å². The quantitative estimate of drug-likeness (QED) is 0.762. The van der Waals surface area contributed by atoms with Gasteiger partial charge in [0.2, 0.25) is 0 Å². The van der Waals surface area contributed by atoms with E-state index >= 15 is 0 Å². The first kappa shape index (κ1) is 15.5. The zero-order valence-electron chi connectivity index (χ0n) is 12.0. The normalized spacial score (nSPS) is 10.3. The third-order valence-electron chi connectivity index (χ3n) is 2.85. The molecule has 112 valence electrons. The number of hydrogen-bond donors (Lipinski definition) is 1. The standard InChI is InChI=1S/C16H19NO3S/c1-13-5-2-3-7-15(13)20-11-16(18)17-8-10-21-12-14-6-4-9-19-14/h2-7,9H,8,10-12H2,1H3,(H,17,18). The smallest absolute Gasteiger partial charge is 0.257 e. The Hall–Kier alpha value is -1.88. The minimum Gasteiger partial charge on any atom is -0.484 e. The largest absolute Gasteiger partial charge is 0.484 e. The van der Waals surface area contributed by atoms with E-state index in [9.17, 15) is 4.79 Å². The maximum absolute atomic E-state index is 11.7. The molecule has 1 N–H and O–H groups in total. The number of para-hydroxylation sites is 1. The predicted octanol–water partition coefficient (Wildman–Crippen LogP) is 3.02. The van der Waals surface area contributed by atoms with E-state index in [0.717, 1.165) is 28.6 Å². The molecule has 21 heavy (non-hydrogen) atoms. The molecule has 0 radical (unpaired) electrons. The second-order valence-corrected chi connectivity index (χ2v) is 5.64. The molecular weight excluding hydrogens is 286 g/mol. The Bertz CT molecular complexity index is 554. The van der Waals surface area contributed by atoms with Crippen molar-refractivity contribution in [3.8, 4) is 5.75 Å². The van der Waals surface area contributed by atoms with Crippen molar-refractivity contribution in [2.24, 2.45) is 0 Å². The van der Waals surface area contributed by atoms with E-state index < -0.39 is 0 Å². The molecule has 4 nitrogen and oxygen atoms in total. The lowest BCUT2D eigenvalue weighted by Crippen LogP contribution is -2.30. The van der Waals surface area contributed by atoms with Gasteiger partial charge in [0.1, 0.15) is 11.5 Å². The molecule has 2 aromatic rings. The van der Waals surface area contributed by atoms with Gasteiger partial charge >= 0.3 is 0 Å². The van der Waals surface area contributed by atoms with Crippen molar-refractivity contribution in [3.63, 3.8) is 0 Å². The average Bonchev–Trinajstić information content (AvgIpc) is 2.99. The summed E-state index contributed by atoms with van der Waals surface area (Å²) in [6, 6.07) is 11.5. The van der Waals surface area contributed by atoms with Gasteiger partial charge in [-0.05, 0) is 30.7 Å². The van der Waals surface area contributed by atoms with Crippen LogP contribution in [0.1, 0.15) is 11.3 Å². The fourth-order valence-corrected chi connectivity index (χ4v) is 2.50. The number of furan rings is 1. The molecule has 2 rings (SSSR count). The lowest BCUT2D eigenvalue weighted by molar-refractivity contribution is -0.122. The van der Waals surface area contributed by atoms with Crippen molar-refractivity contribution in [2.75, 3.05) is 18.9 Å². The van der Waals surface area contributed by atoms with Crippen LogP contribution in [0.4, 0.5) is 0 Å². The maximum Gasteiger partial charge on any atom is 0.257 e. The number of benzene rings is 1. The molecular formula is C16H19NO3S. The molecule has 0 spiro atoms. The highest BCUT2D eigenvalue weighted by molar-refractivity contribution is 7.98. The fourth-order valence-electron chi connectivity index (χ4n) is 1.74. The van der Waals surface area contributed by atoms with Crippen molar-refractivity contribution in [1.29, 1.82) is 0 Å². The Kier molecular flexibility index (Phi) is 6.22. The summed E-state index contributed by atoms with van der Waals surface area (Å²) in [6.45, 7) is 2.63. The first-order valence-electron chi connectivity index (χ1n) is 6.81. The zero-order valence-corrected chi connectivity index (χ0v) is 12.8. The van der Waals surface area contributed by atoms with Crippen LogP contribution in [0.25, 0.3) is 0 Å². The molecule has 1 aromatic carbocycles. The number of nitrogens with one attached hydrogen (secondary N) is 1. The molecule has 0 unspecified atom stereocenters. The first-order valence-corrected chi connectivity index (χ1v) is 7.96. The summed E-state index contributed by atoms with van der Waals surface area (Å²) in [7, 11) is 0. The van der Waals surface area contributed by atoms with Crippen LogP contribution in [-0.2, 0) is 10.5 Å². The Balaban J connectivity index is 1.56. The van der Waals surface area contributed by atoms with Crippen molar-refractivity contribution >= 4 is 17.7 Å². The van der Waals surface area contributed by atoms with E-state index in [2.05, 4.69) is 5.32 Å². The van der Waals surface area contributed by atoms with Crippen LogP contribution >= 0.6 is 11.8 Å². The molecule has 0 fully saturated rings. The van der Waals surface area contributed by atoms with Gasteiger partial charge in [-0.15, -0.1) is 0 Å². The molecule has 0 saturated carbocycles. The molecule has 0 bridgehead atoms. The summed E-state index contributed by atoms with van der Waals surface area (Å²) in [5.74, 6) is 3.27. The van der Waals surface area contributed by atoms with Crippen LogP contribution < -0.4 is 10.1 Å². The molecule has 0 aliphatic carbocycles. The van der Waals surface area contributed by atoms with Gasteiger partial charge in [0.05, 0.1) is 12.0 Å². The van der Waals surface area contributed by atoms with Crippen molar-refractivity contribution in [3.05, 3.63) is 54.0 Å². The van der Waals surface area contributed by atoms with Gasteiger partial charge in [0.15, 0.2) is 6.61 Å². The van der Waals surface area contributed by atoms with Gasteiger partial charge in [-0.3, -0.25) is 4.79 Å². The third kappa shape index (κ3) is 5.55. The van der Waals surface area contributed by atoms with Crippen molar-refractivity contribution in [1.82, 2.24) is 5.32 Å². The highest BCUT2D eigenvalue weighted by Gasteiger charge is 2.04. The second kappa shape index (κ2) is 8.42. The molecule has 0 aliphatic heterocycles. The number of hydrogen-bond acceptors (Lipinski definition) is 4. The van der Waals surface area contributed by atoms with E-state index in [-0.39, 0.29) is 12.5 Å². The van der Waals surface area contributed by atoms with Crippen LogP contribution in [0.5, 0.6) is 5.75 Å². The molecule has 0 saturated heterocycles. The molecule has 1 heterocycles. The number of carbonyl (C=O) groups is 1. The Morgan fingerprint density at radius 2 is 2.14 bits per heavy atom. The highest BCUT2D eigenvalue weighted by atomic mass is 32.2. The summed E-state index contributed by atoms with van der Waals surface area (Å²) < 4.78 is 10.7. The van der Waals surface area contributed by atoms with Crippen molar-refractivity contribution in [2.45, 2.75) is 12.7 Å². The van der Waals surface area contributed by atoms with E-state index in [1.807, 2.05) is 43.3 Å². The first-order chi connectivity index (χ1) is 10.3. The van der Waals surface area contributed by atoms with E-state index in [1.165, 1.54) is 0 Å². The maximum atomic E-state index is 11.7. The minimum absolute atomic E-state index is 0.0493. The number of carbonyl (C=O) groups excluding carboxylic acids is 1. The Labute approximate surface area is 128 Å². The number of aryl methyl sites for hydroxylation is 1. The van der Waals surface area contributed by atoms with Crippen LogP contribution in [0, 0.1) is 6.92 Å². The van der Waals surface area contributed by atoms with Crippen LogP contribution in [-0.4, -0.2) is 24.8 Å². The number of ether oxygens (including phenoxy) is 1. The second-order valence-electron chi connectivity index (χ2n) is 4.54. The Morgan fingerprint density at radius 3 is 2.90 bits per heavy atom. The van der Waals surface area contributed by atoms with Crippen LogP contribution in [0.3, 0.4) is 0 Å². The van der Waals surface area contributed by atoms with Gasteiger partial charge in [-0.2, -0.15) is 11.8 Å². The van der Waals surface area contributed by atoms with Crippen LogP contribution in [0.15, 0.2) is 47.1 Å². The highest BCUT2D eigenvalue weighted by Crippen LogP contribution is 2.15. The Morgan fingerprint density at radius 1 is 1.29 bits per heavy atom. The number of rotatable bonds is 8. The summed E-state index contributed by atoms with van der Waals surface area (Å²) in [4.78, 5) is 11.7. The topological polar surface area (TPSA) is 51.5 Å². The summed E-state index contributed by atoms with van der Waals surface area (Å²) in [6.07, 6.45) is 1.67. The third-order valence-corrected chi connectivity index (χ3v) is 3.83. The van der Waals surface area contributed by atoms with Gasteiger partial charge in [-0.1, -0.05) is 18.2 Å². The van der Waals surface area contributed by atoms with Gasteiger partial charge in [0, 0.05) is 12.3 Å². The van der Waals surface area contributed by atoms with E-state index in [0.29, 0.717) is 6.54 Å². The van der Waals surface area contributed by atoms with Gasteiger partial charge < -0.3 is 14.5 Å². The summed E-state index contributed by atoms with van der Waals surface area (Å²) in [5.41, 5.74) is 1.03. The van der Waals surface area contributed by atoms with Gasteiger partial charge in [-0.25, -0.2) is 0 Å². The summed E-state index contributed by atoms with van der Waals surface area (Å²) >= 11 is 1.72. The van der Waals surface area contributed by atoms with E-state index in [1.54, 1.807) is 18.0 Å².